The standard InChI is InChI=1S/C22H21N3O4.ClH/c1-24-13-25(2,3)11-17-10-16(8-9-19(17)24)20-18(12-26)23-21(29-20)14-4-6-15(7-5-14)22(27)28;/h4-10,12H,11,13H2,1-3H3;1H. The maximum absolute atomic E-state index is 11.6. The zero-order valence-electron chi connectivity index (χ0n) is 16.9. The number of fused-ring (bicyclic) bond motifs is 1. The Balaban J connectivity index is 0.00000256. The highest BCUT2D eigenvalue weighted by Gasteiger charge is 2.28. The van der Waals surface area contributed by atoms with Gasteiger partial charge in [-0.2, -0.15) is 0 Å². The minimum absolute atomic E-state index is 0. The Morgan fingerprint density at radius 2 is 1.83 bits per heavy atom. The van der Waals surface area contributed by atoms with Gasteiger partial charge in [0.1, 0.15) is 6.54 Å². The molecule has 1 N–H and O–H groups in total. The molecule has 0 unspecified atom stereocenters. The Kier molecular flexibility index (Phi) is 5.70. The zero-order chi connectivity index (χ0) is 20.8. The van der Waals surface area contributed by atoms with E-state index >= 15 is 0 Å². The summed E-state index contributed by atoms with van der Waals surface area (Å²) in [5, 5.41) is 9.04. The monoisotopic (exact) mass is 427 g/mol. The molecule has 0 radical (unpaired) electrons. The van der Waals surface area contributed by atoms with Gasteiger partial charge in [0.05, 0.1) is 19.7 Å². The minimum atomic E-state index is -1.00. The first-order valence-corrected chi connectivity index (χ1v) is 9.23. The average molecular weight is 428 g/mol. The molecule has 0 atom stereocenters. The first-order chi connectivity index (χ1) is 13.8. The highest BCUT2D eigenvalue weighted by atomic mass is 35.5. The number of carbonyl (C=O) groups excluding carboxylic acids is 1. The number of hydrogen-bond donors (Lipinski definition) is 1. The largest absolute Gasteiger partial charge is 1.00 e. The van der Waals surface area contributed by atoms with Crippen molar-refractivity contribution < 1.29 is 36.0 Å². The van der Waals surface area contributed by atoms with Crippen LogP contribution in [0.1, 0.15) is 26.4 Å². The predicted octanol–water partition coefficient (Wildman–Crippen LogP) is 0.507. The molecule has 0 saturated heterocycles. The average Bonchev–Trinajstić information content (AvgIpc) is 3.11. The van der Waals surface area contributed by atoms with Gasteiger partial charge >= 0.3 is 5.97 Å². The minimum Gasteiger partial charge on any atom is -1.00 e. The lowest BCUT2D eigenvalue weighted by molar-refractivity contribution is -0.904. The summed E-state index contributed by atoms with van der Waals surface area (Å²) in [4.78, 5) is 29.2. The normalized spacial score (nSPS) is 14.6. The van der Waals surface area contributed by atoms with Crippen LogP contribution in [0, 0.1) is 0 Å². The van der Waals surface area contributed by atoms with E-state index in [2.05, 4.69) is 37.1 Å². The molecule has 8 heteroatoms. The second-order valence-corrected chi connectivity index (χ2v) is 8.01. The fraction of sp³-hybridized carbons (Fsp3) is 0.227. The first-order valence-electron chi connectivity index (χ1n) is 9.23. The van der Waals surface area contributed by atoms with Crippen molar-refractivity contribution in [3.8, 4) is 22.8 Å². The number of carboxylic acid groups (broad SMARTS) is 1. The van der Waals surface area contributed by atoms with Gasteiger partial charge in [-0.05, 0) is 42.5 Å². The molecular weight excluding hydrogens is 406 g/mol. The first kappa shape index (κ1) is 21.5. The molecule has 2 aromatic carbocycles. The van der Waals surface area contributed by atoms with Gasteiger partial charge in [-0.1, -0.05) is 0 Å². The number of halogens is 1. The Labute approximate surface area is 180 Å². The number of benzene rings is 2. The smallest absolute Gasteiger partial charge is 0.335 e. The van der Waals surface area contributed by atoms with Gasteiger partial charge in [-0.3, -0.25) is 4.79 Å². The van der Waals surface area contributed by atoms with Crippen LogP contribution < -0.4 is 17.3 Å². The molecule has 3 aromatic rings. The van der Waals surface area contributed by atoms with Crippen molar-refractivity contribution in [2.45, 2.75) is 6.54 Å². The molecule has 2 heterocycles. The molecule has 1 aliphatic rings. The van der Waals surface area contributed by atoms with Crippen LogP contribution in [0.15, 0.2) is 46.9 Å². The van der Waals surface area contributed by atoms with Crippen LogP contribution in [-0.4, -0.2) is 54.6 Å². The fourth-order valence-electron chi connectivity index (χ4n) is 3.88. The summed E-state index contributed by atoms with van der Waals surface area (Å²) >= 11 is 0. The van der Waals surface area contributed by atoms with Gasteiger partial charge in [0, 0.05) is 29.4 Å². The van der Waals surface area contributed by atoms with Gasteiger partial charge < -0.3 is 31.3 Å². The van der Waals surface area contributed by atoms with E-state index in [1.807, 2.05) is 12.1 Å². The molecule has 4 rings (SSSR count). The summed E-state index contributed by atoms with van der Waals surface area (Å²) in [6.45, 7) is 1.80. The number of hydrogen-bond acceptors (Lipinski definition) is 5. The third-order valence-electron chi connectivity index (χ3n) is 5.09. The van der Waals surface area contributed by atoms with Crippen LogP contribution in [-0.2, 0) is 6.54 Å². The van der Waals surface area contributed by atoms with Crippen molar-refractivity contribution in [2.24, 2.45) is 0 Å². The van der Waals surface area contributed by atoms with Crippen LogP contribution in [0.5, 0.6) is 0 Å². The van der Waals surface area contributed by atoms with Gasteiger partial charge in [0.25, 0.3) is 0 Å². The highest BCUT2D eigenvalue weighted by molar-refractivity contribution is 5.88. The van der Waals surface area contributed by atoms with E-state index in [0.29, 0.717) is 17.6 Å². The summed E-state index contributed by atoms with van der Waals surface area (Å²) in [5.41, 5.74) is 4.16. The quantitative estimate of drug-likeness (QED) is 0.482. The maximum Gasteiger partial charge on any atom is 0.335 e. The molecule has 0 saturated carbocycles. The van der Waals surface area contributed by atoms with Crippen LogP contribution in [0.25, 0.3) is 22.8 Å². The van der Waals surface area contributed by atoms with Gasteiger partial charge in [-0.25, -0.2) is 9.78 Å². The molecule has 156 valence electrons. The van der Waals surface area contributed by atoms with Crippen LogP contribution >= 0.6 is 0 Å². The number of carboxylic acids is 1. The summed E-state index contributed by atoms with van der Waals surface area (Å²) in [6.07, 6.45) is 0.680. The van der Waals surface area contributed by atoms with Gasteiger partial charge in [0.15, 0.2) is 24.4 Å². The van der Waals surface area contributed by atoms with E-state index in [1.165, 1.54) is 23.4 Å². The van der Waals surface area contributed by atoms with Crippen LogP contribution in [0.3, 0.4) is 0 Å². The molecule has 1 aromatic heterocycles. The second-order valence-electron chi connectivity index (χ2n) is 8.01. The van der Waals surface area contributed by atoms with E-state index in [-0.39, 0.29) is 29.6 Å². The van der Waals surface area contributed by atoms with E-state index in [1.54, 1.807) is 12.1 Å². The maximum atomic E-state index is 11.6. The molecule has 30 heavy (non-hydrogen) atoms. The number of nitrogens with zero attached hydrogens (tertiary/aromatic N) is 3. The Hall–Kier alpha value is -3.16. The van der Waals surface area contributed by atoms with Crippen molar-refractivity contribution in [3.63, 3.8) is 0 Å². The SMILES string of the molecule is CN1C[N+](C)(C)Cc2cc(-c3oc(-c4ccc(C(=O)O)cc4)nc3C=O)ccc21.[Cl-]. The predicted molar refractivity (Wildman–Crippen MR) is 109 cm³/mol. The van der Waals surface area contributed by atoms with E-state index in [0.717, 1.165) is 23.3 Å². The number of aromatic carboxylic acids is 1. The van der Waals surface area contributed by atoms with Crippen LogP contribution in [0.4, 0.5) is 5.69 Å². The van der Waals surface area contributed by atoms with Crippen molar-refractivity contribution in [3.05, 3.63) is 59.3 Å². The summed E-state index contributed by atoms with van der Waals surface area (Å²) < 4.78 is 6.78. The number of anilines is 1. The van der Waals surface area contributed by atoms with E-state index in [9.17, 15) is 9.59 Å². The highest BCUT2D eigenvalue weighted by Crippen LogP contribution is 2.35. The third-order valence-corrected chi connectivity index (χ3v) is 5.09. The van der Waals surface area contributed by atoms with E-state index < -0.39 is 5.97 Å². The van der Waals surface area contributed by atoms with Crippen molar-refractivity contribution in [2.75, 3.05) is 32.7 Å². The Morgan fingerprint density at radius 1 is 1.17 bits per heavy atom. The molecule has 0 bridgehead atoms. The molecule has 0 amide bonds. The number of rotatable bonds is 4. The molecule has 0 fully saturated rings. The molecule has 0 aliphatic carbocycles. The third kappa shape index (κ3) is 3.94. The topological polar surface area (TPSA) is 83.6 Å². The lowest BCUT2D eigenvalue weighted by atomic mass is 10.0. The fourth-order valence-corrected chi connectivity index (χ4v) is 3.88. The van der Waals surface area contributed by atoms with Crippen LogP contribution in [0.2, 0.25) is 0 Å². The van der Waals surface area contributed by atoms with Gasteiger partial charge in [0.2, 0.25) is 5.89 Å². The number of quaternary nitrogens is 1. The number of aldehydes is 1. The Bertz CT molecular complexity index is 1110. The lowest BCUT2D eigenvalue weighted by Gasteiger charge is -2.40. The summed E-state index contributed by atoms with van der Waals surface area (Å²) in [7, 11) is 6.43. The van der Waals surface area contributed by atoms with Crippen molar-refractivity contribution >= 4 is 17.9 Å². The molecule has 7 nitrogen and oxygen atoms in total. The van der Waals surface area contributed by atoms with Crippen molar-refractivity contribution in [1.82, 2.24) is 4.98 Å². The number of aromatic nitrogens is 1. The van der Waals surface area contributed by atoms with Gasteiger partial charge in [-0.15, -0.1) is 0 Å². The summed E-state index contributed by atoms with van der Waals surface area (Å²) in [6, 6.07) is 12.2. The zero-order valence-corrected chi connectivity index (χ0v) is 17.7. The molecular formula is C22H22ClN3O4. The number of carbonyl (C=O) groups is 2. The molecule has 1 aliphatic heterocycles. The lowest BCUT2D eigenvalue weighted by Crippen LogP contribution is -3.00. The molecule has 0 spiro atoms. The number of oxazole rings is 1. The van der Waals surface area contributed by atoms with E-state index in [4.69, 9.17) is 9.52 Å². The second kappa shape index (κ2) is 7.93. The Morgan fingerprint density at radius 3 is 2.47 bits per heavy atom. The van der Waals surface area contributed by atoms with Crippen molar-refractivity contribution in [1.29, 1.82) is 0 Å². The summed E-state index contributed by atoms with van der Waals surface area (Å²) in [5.74, 6) is -0.304.